The smallest absolute Gasteiger partial charge is 0.255 e. The molecule has 3 aliphatic rings. The van der Waals surface area contributed by atoms with Gasteiger partial charge in [0.05, 0.1) is 5.60 Å². The fourth-order valence-electron chi connectivity index (χ4n) is 4.31. The third-order valence-electron chi connectivity index (χ3n) is 5.73. The molecule has 144 valence electrons. The maximum absolute atomic E-state index is 12.8. The summed E-state index contributed by atoms with van der Waals surface area (Å²) in [5, 5.41) is 15.9. The van der Waals surface area contributed by atoms with Crippen LogP contribution in [0.5, 0.6) is 0 Å². The number of piperidine rings is 1. The predicted molar refractivity (Wildman–Crippen MR) is 96.4 cm³/mol. The molecule has 2 aliphatic heterocycles. The molecule has 1 saturated carbocycles. The van der Waals surface area contributed by atoms with Gasteiger partial charge in [0.1, 0.15) is 6.04 Å². The third-order valence-corrected chi connectivity index (χ3v) is 5.73. The highest BCUT2D eigenvalue weighted by molar-refractivity contribution is 6.05. The van der Waals surface area contributed by atoms with Crippen molar-refractivity contribution in [2.45, 2.75) is 56.5 Å². The van der Waals surface area contributed by atoms with Gasteiger partial charge >= 0.3 is 0 Å². The zero-order chi connectivity index (χ0) is 19.2. The van der Waals surface area contributed by atoms with Crippen molar-refractivity contribution >= 4 is 17.7 Å². The molecule has 1 aromatic carbocycles. The molecule has 0 bridgehead atoms. The van der Waals surface area contributed by atoms with Gasteiger partial charge in [0.2, 0.25) is 11.8 Å². The predicted octanol–water partition coefficient (Wildman–Crippen LogP) is -0.611. The molecule has 0 radical (unpaired) electrons. The molecular weight excluding hydrogens is 348 g/mol. The number of aliphatic hydroxyl groups is 1. The maximum Gasteiger partial charge on any atom is 0.255 e. The second kappa shape index (κ2) is 6.70. The van der Waals surface area contributed by atoms with Crippen LogP contribution in [0.2, 0.25) is 0 Å². The first kappa shape index (κ1) is 18.1. The van der Waals surface area contributed by atoms with E-state index >= 15 is 0 Å². The fraction of sp³-hybridized carbons (Fsp3) is 0.526. The van der Waals surface area contributed by atoms with Crippen molar-refractivity contribution in [1.29, 1.82) is 0 Å². The van der Waals surface area contributed by atoms with Gasteiger partial charge in [-0.25, -0.2) is 0 Å². The molecule has 2 fully saturated rings. The summed E-state index contributed by atoms with van der Waals surface area (Å²) >= 11 is 0. The summed E-state index contributed by atoms with van der Waals surface area (Å²) in [6, 6.07) is 5.00. The van der Waals surface area contributed by atoms with Gasteiger partial charge in [0, 0.05) is 37.7 Å². The third kappa shape index (κ3) is 3.36. The Labute approximate surface area is 157 Å². The van der Waals surface area contributed by atoms with Gasteiger partial charge in [-0.3, -0.25) is 19.7 Å². The van der Waals surface area contributed by atoms with Crippen molar-refractivity contribution in [1.82, 2.24) is 15.5 Å². The minimum absolute atomic E-state index is 0.0671. The number of amides is 3. The van der Waals surface area contributed by atoms with Crippen LogP contribution in [-0.4, -0.2) is 52.0 Å². The summed E-state index contributed by atoms with van der Waals surface area (Å²) in [5.74, 6) is -0.875. The van der Waals surface area contributed by atoms with Gasteiger partial charge in [0.25, 0.3) is 5.91 Å². The molecular formula is C19H24N4O4. The van der Waals surface area contributed by atoms with Crippen molar-refractivity contribution in [2.75, 3.05) is 6.54 Å². The van der Waals surface area contributed by atoms with E-state index in [-0.39, 0.29) is 24.3 Å². The van der Waals surface area contributed by atoms with Crippen molar-refractivity contribution in [3.8, 4) is 0 Å². The molecule has 5 N–H and O–H groups in total. The summed E-state index contributed by atoms with van der Waals surface area (Å²) in [7, 11) is 0. The summed E-state index contributed by atoms with van der Waals surface area (Å²) in [5.41, 5.74) is 7.48. The number of benzene rings is 1. The van der Waals surface area contributed by atoms with Crippen LogP contribution >= 0.6 is 0 Å². The fourth-order valence-corrected chi connectivity index (χ4v) is 4.31. The van der Waals surface area contributed by atoms with Crippen LogP contribution in [0, 0.1) is 0 Å². The summed E-state index contributed by atoms with van der Waals surface area (Å²) in [4.78, 5) is 37.8. The normalized spacial score (nSPS) is 30.1. The van der Waals surface area contributed by atoms with E-state index in [1.807, 2.05) is 12.1 Å². The van der Waals surface area contributed by atoms with Crippen molar-refractivity contribution in [3.05, 3.63) is 34.9 Å². The number of hydrogen-bond acceptors (Lipinski definition) is 6. The van der Waals surface area contributed by atoms with Crippen molar-refractivity contribution < 1.29 is 19.5 Å². The Morgan fingerprint density at radius 1 is 1.30 bits per heavy atom. The number of hydrogen-bond donors (Lipinski definition) is 4. The van der Waals surface area contributed by atoms with Crippen LogP contribution in [0.4, 0.5) is 0 Å². The maximum atomic E-state index is 12.8. The quantitative estimate of drug-likeness (QED) is 0.511. The Kier molecular flexibility index (Phi) is 4.49. The molecule has 1 aromatic rings. The molecule has 2 heterocycles. The topological polar surface area (TPSA) is 125 Å². The van der Waals surface area contributed by atoms with Gasteiger partial charge in [-0.2, -0.15) is 0 Å². The molecule has 0 spiro atoms. The lowest BCUT2D eigenvalue weighted by molar-refractivity contribution is -0.136. The van der Waals surface area contributed by atoms with E-state index in [4.69, 9.17) is 5.73 Å². The van der Waals surface area contributed by atoms with Gasteiger partial charge in [-0.1, -0.05) is 12.1 Å². The Bertz CT molecular complexity index is 803. The molecule has 3 amide bonds. The average Bonchev–Trinajstić information content (AvgIpc) is 2.92. The number of nitrogens with zero attached hydrogens (tertiary/aromatic N) is 1. The molecule has 1 saturated heterocycles. The van der Waals surface area contributed by atoms with E-state index in [2.05, 4.69) is 10.6 Å². The Balaban J connectivity index is 1.44. The van der Waals surface area contributed by atoms with Crippen LogP contribution in [0.25, 0.3) is 0 Å². The number of fused-ring (bicyclic) bond motifs is 1. The summed E-state index contributed by atoms with van der Waals surface area (Å²) in [6.07, 6.45) is 1.78. The zero-order valence-electron chi connectivity index (χ0n) is 15.0. The molecule has 1 atom stereocenters. The lowest BCUT2D eigenvalue weighted by Gasteiger charge is -2.41. The Morgan fingerprint density at radius 3 is 2.78 bits per heavy atom. The van der Waals surface area contributed by atoms with Gasteiger partial charge < -0.3 is 21.1 Å². The van der Waals surface area contributed by atoms with Gasteiger partial charge in [-0.15, -0.1) is 0 Å². The minimum atomic E-state index is -0.744. The van der Waals surface area contributed by atoms with E-state index in [0.717, 1.165) is 11.1 Å². The number of carbonyl (C=O) groups excluding carboxylic acids is 3. The summed E-state index contributed by atoms with van der Waals surface area (Å²) in [6.45, 7) is 1.33. The molecule has 1 aliphatic carbocycles. The largest absolute Gasteiger partial charge is 0.388 e. The van der Waals surface area contributed by atoms with Crippen LogP contribution in [0.3, 0.4) is 0 Å². The lowest BCUT2D eigenvalue weighted by Crippen LogP contribution is -2.56. The lowest BCUT2D eigenvalue weighted by atomic mass is 9.76. The number of imide groups is 1. The van der Waals surface area contributed by atoms with Crippen LogP contribution in [0.15, 0.2) is 18.2 Å². The second-order valence-electron chi connectivity index (χ2n) is 7.84. The van der Waals surface area contributed by atoms with Crippen molar-refractivity contribution in [2.24, 2.45) is 5.73 Å². The molecule has 27 heavy (non-hydrogen) atoms. The van der Waals surface area contributed by atoms with E-state index < -0.39 is 17.6 Å². The zero-order valence-corrected chi connectivity index (χ0v) is 15.0. The Morgan fingerprint density at radius 2 is 2.07 bits per heavy atom. The highest BCUT2D eigenvalue weighted by Gasteiger charge is 2.41. The number of nitrogens with one attached hydrogen (secondary N) is 2. The van der Waals surface area contributed by atoms with E-state index in [1.54, 1.807) is 11.0 Å². The second-order valence-corrected chi connectivity index (χ2v) is 7.84. The minimum Gasteiger partial charge on any atom is -0.388 e. The van der Waals surface area contributed by atoms with E-state index in [1.165, 1.54) is 0 Å². The number of nitrogens with two attached hydrogens (primary N) is 1. The van der Waals surface area contributed by atoms with Crippen LogP contribution in [0.1, 0.15) is 47.2 Å². The van der Waals surface area contributed by atoms with Gasteiger partial charge in [0.15, 0.2) is 0 Å². The molecule has 8 nitrogen and oxygen atoms in total. The first-order chi connectivity index (χ1) is 12.9. The molecule has 1 unspecified atom stereocenters. The van der Waals surface area contributed by atoms with E-state index in [9.17, 15) is 19.5 Å². The average molecular weight is 372 g/mol. The molecule has 0 aromatic heterocycles. The molecule has 4 rings (SSSR count). The standard InChI is InChI=1S/C19H24N4O4/c20-12-6-19(27,7-12)10-21-8-11-2-1-3-13-14(11)9-23(18(13)26)15-4-5-16(24)22-17(15)25/h1-3,12,15,21,27H,4-10,20H2,(H,22,24,25). The highest BCUT2D eigenvalue weighted by Crippen LogP contribution is 2.31. The van der Waals surface area contributed by atoms with Crippen LogP contribution in [-0.2, 0) is 22.7 Å². The number of carbonyl (C=O) groups is 3. The molecule has 8 heteroatoms. The monoisotopic (exact) mass is 372 g/mol. The number of rotatable bonds is 5. The van der Waals surface area contributed by atoms with Crippen molar-refractivity contribution in [3.63, 3.8) is 0 Å². The summed E-state index contributed by atoms with van der Waals surface area (Å²) < 4.78 is 0. The highest BCUT2D eigenvalue weighted by atomic mass is 16.3. The van der Waals surface area contributed by atoms with Gasteiger partial charge in [-0.05, 0) is 36.5 Å². The first-order valence-corrected chi connectivity index (χ1v) is 9.30. The Hall–Kier alpha value is -2.29. The van der Waals surface area contributed by atoms with Crippen LogP contribution < -0.4 is 16.4 Å². The first-order valence-electron chi connectivity index (χ1n) is 9.30. The SMILES string of the molecule is NC1CC(O)(CNCc2cccc3c2CN(C2CCC(=O)NC2=O)C3=O)C1. The van der Waals surface area contributed by atoms with E-state index in [0.29, 0.717) is 44.5 Å².